The Balaban J connectivity index is 2.17. The maximum atomic E-state index is 12.0. The lowest BCUT2D eigenvalue weighted by Gasteiger charge is -2.11. The second-order valence-electron chi connectivity index (χ2n) is 4.37. The molecule has 0 aliphatic rings. The number of hydrogen-bond donors (Lipinski definition) is 2. The molecule has 104 valence electrons. The normalized spacial score (nSPS) is 10.3. The number of rotatable bonds is 3. The zero-order chi connectivity index (χ0) is 14.7. The predicted molar refractivity (Wildman–Crippen MR) is 79.9 cm³/mol. The molecule has 2 aromatic rings. The summed E-state index contributed by atoms with van der Waals surface area (Å²) in [5.74, 6) is -0.338. The molecule has 0 atom stereocenters. The van der Waals surface area contributed by atoms with E-state index in [1.165, 1.54) is 10.6 Å². The van der Waals surface area contributed by atoms with Crippen molar-refractivity contribution in [1.82, 2.24) is 4.57 Å². The summed E-state index contributed by atoms with van der Waals surface area (Å²) < 4.78 is 1.38. The minimum Gasteiger partial charge on any atom is -0.397 e. The fourth-order valence-corrected chi connectivity index (χ4v) is 1.97. The molecule has 0 spiro atoms. The van der Waals surface area contributed by atoms with Crippen LogP contribution in [-0.4, -0.2) is 10.5 Å². The number of nitrogens with zero attached hydrogens (tertiary/aromatic N) is 1. The maximum Gasteiger partial charge on any atom is 0.251 e. The van der Waals surface area contributed by atoms with Crippen LogP contribution in [0.2, 0.25) is 5.02 Å². The number of nitrogens with two attached hydrogens (primary N) is 1. The third-order valence-electron chi connectivity index (χ3n) is 2.86. The van der Waals surface area contributed by atoms with Crippen LogP contribution in [0.3, 0.4) is 0 Å². The van der Waals surface area contributed by atoms with Crippen molar-refractivity contribution >= 4 is 28.9 Å². The van der Waals surface area contributed by atoms with Gasteiger partial charge in [0.2, 0.25) is 5.91 Å². The number of carbonyl (C=O) groups excluding carboxylic acids is 1. The summed E-state index contributed by atoms with van der Waals surface area (Å²) in [6.45, 7) is 1.69. The topological polar surface area (TPSA) is 77.1 Å². The molecule has 0 bridgehead atoms. The lowest BCUT2D eigenvalue weighted by molar-refractivity contribution is -0.116. The molecule has 0 saturated heterocycles. The van der Waals surface area contributed by atoms with Gasteiger partial charge >= 0.3 is 0 Å². The third-order valence-corrected chi connectivity index (χ3v) is 3.09. The van der Waals surface area contributed by atoms with Crippen LogP contribution in [0.1, 0.15) is 5.69 Å². The molecule has 2 rings (SSSR count). The number of nitrogens with one attached hydrogen (secondary N) is 1. The maximum absolute atomic E-state index is 12.0. The van der Waals surface area contributed by atoms with Gasteiger partial charge in [0.05, 0.1) is 11.4 Å². The molecule has 0 radical (unpaired) electrons. The number of aryl methyl sites for hydroxylation is 1. The SMILES string of the molecule is Cc1cccc(=O)n1CC(=O)Nc1cc(Cl)ccc1N. The number of halogens is 1. The standard InChI is InChI=1S/C14H14ClN3O2/c1-9-3-2-4-14(20)18(9)8-13(19)17-12-7-10(15)5-6-11(12)16/h2-7H,8,16H2,1H3,(H,17,19). The van der Waals surface area contributed by atoms with Gasteiger partial charge in [0, 0.05) is 16.8 Å². The van der Waals surface area contributed by atoms with Crippen molar-refractivity contribution in [2.75, 3.05) is 11.1 Å². The largest absolute Gasteiger partial charge is 0.397 e. The third kappa shape index (κ3) is 3.19. The van der Waals surface area contributed by atoms with E-state index in [4.69, 9.17) is 17.3 Å². The first-order chi connectivity index (χ1) is 9.47. The highest BCUT2D eigenvalue weighted by Gasteiger charge is 2.09. The van der Waals surface area contributed by atoms with Gasteiger partial charge in [-0.1, -0.05) is 17.7 Å². The van der Waals surface area contributed by atoms with Crippen LogP contribution < -0.4 is 16.6 Å². The summed E-state index contributed by atoms with van der Waals surface area (Å²) in [6, 6.07) is 9.64. The van der Waals surface area contributed by atoms with Crippen LogP contribution in [0.4, 0.5) is 11.4 Å². The lowest BCUT2D eigenvalue weighted by Crippen LogP contribution is -2.28. The van der Waals surface area contributed by atoms with Crippen molar-refractivity contribution in [1.29, 1.82) is 0 Å². The van der Waals surface area contributed by atoms with Crippen LogP contribution in [0, 0.1) is 6.92 Å². The number of anilines is 2. The van der Waals surface area contributed by atoms with Crippen molar-refractivity contribution in [2.45, 2.75) is 13.5 Å². The predicted octanol–water partition coefficient (Wildman–Crippen LogP) is 2.03. The van der Waals surface area contributed by atoms with Crippen LogP contribution in [0.15, 0.2) is 41.2 Å². The molecular weight excluding hydrogens is 278 g/mol. The molecule has 0 saturated carbocycles. The first kappa shape index (κ1) is 14.1. The number of aromatic nitrogens is 1. The Morgan fingerprint density at radius 1 is 1.35 bits per heavy atom. The van der Waals surface area contributed by atoms with E-state index in [9.17, 15) is 9.59 Å². The number of amides is 1. The van der Waals surface area contributed by atoms with Crippen molar-refractivity contribution in [2.24, 2.45) is 0 Å². The molecule has 5 nitrogen and oxygen atoms in total. The van der Waals surface area contributed by atoms with E-state index in [0.717, 1.165) is 0 Å². The van der Waals surface area contributed by atoms with E-state index in [1.807, 2.05) is 0 Å². The second-order valence-corrected chi connectivity index (χ2v) is 4.81. The Labute approximate surface area is 121 Å². The molecule has 20 heavy (non-hydrogen) atoms. The monoisotopic (exact) mass is 291 g/mol. The quantitative estimate of drug-likeness (QED) is 0.850. The van der Waals surface area contributed by atoms with Gasteiger partial charge in [-0.05, 0) is 31.2 Å². The summed E-state index contributed by atoms with van der Waals surface area (Å²) in [5, 5.41) is 3.12. The van der Waals surface area contributed by atoms with E-state index < -0.39 is 0 Å². The smallest absolute Gasteiger partial charge is 0.251 e. The minimum absolute atomic E-state index is 0.0720. The van der Waals surface area contributed by atoms with Crippen molar-refractivity contribution in [3.05, 3.63) is 57.5 Å². The Kier molecular flexibility index (Phi) is 4.10. The molecule has 0 aliphatic carbocycles. The van der Waals surface area contributed by atoms with Gasteiger partial charge < -0.3 is 15.6 Å². The van der Waals surface area contributed by atoms with Crippen LogP contribution in [0.5, 0.6) is 0 Å². The molecule has 1 amide bonds. The van der Waals surface area contributed by atoms with Gasteiger partial charge in [0.1, 0.15) is 6.54 Å². The molecule has 0 fully saturated rings. The van der Waals surface area contributed by atoms with Gasteiger partial charge in [-0.15, -0.1) is 0 Å². The number of hydrogen-bond acceptors (Lipinski definition) is 3. The van der Waals surface area contributed by atoms with Crippen LogP contribution in [-0.2, 0) is 11.3 Å². The average Bonchev–Trinajstić information content (AvgIpc) is 2.38. The highest BCUT2D eigenvalue weighted by Crippen LogP contribution is 2.22. The summed E-state index contributed by atoms with van der Waals surface area (Å²) in [6.07, 6.45) is 0. The Morgan fingerprint density at radius 3 is 2.80 bits per heavy atom. The molecule has 6 heteroatoms. The van der Waals surface area contributed by atoms with E-state index in [1.54, 1.807) is 37.3 Å². The molecular formula is C14H14ClN3O2. The van der Waals surface area contributed by atoms with Crippen molar-refractivity contribution in [3.63, 3.8) is 0 Å². The molecule has 0 unspecified atom stereocenters. The minimum atomic E-state index is -0.338. The molecule has 1 aromatic heterocycles. The van der Waals surface area contributed by atoms with E-state index in [0.29, 0.717) is 22.1 Å². The van der Waals surface area contributed by atoms with E-state index >= 15 is 0 Å². The van der Waals surface area contributed by atoms with Crippen molar-refractivity contribution in [3.8, 4) is 0 Å². The molecule has 0 aliphatic heterocycles. The van der Waals surface area contributed by atoms with Gasteiger partial charge in [-0.25, -0.2) is 0 Å². The first-order valence-electron chi connectivity index (χ1n) is 5.98. The lowest BCUT2D eigenvalue weighted by atomic mass is 10.2. The van der Waals surface area contributed by atoms with E-state index in [2.05, 4.69) is 5.32 Å². The van der Waals surface area contributed by atoms with Gasteiger partial charge in [-0.3, -0.25) is 9.59 Å². The zero-order valence-corrected chi connectivity index (χ0v) is 11.6. The zero-order valence-electron chi connectivity index (χ0n) is 10.9. The van der Waals surface area contributed by atoms with Gasteiger partial charge in [0.25, 0.3) is 5.56 Å². The Morgan fingerprint density at radius 2 is 2.10 bits per heavy atom. The number of pyridine rings is 1. The molecule has 1 heterocycles. The molecule has 3 N–H and O–H groups in total. The highest BCUT2D eigenvalue weighted by molar-refractivity contribution is 6.31. The highest BCUT2D eigenvalue weighted by atomic mass is 35.5. The number of benzene rings is 1. The Bertz CT molecular complexity index is 710. The fraction of sp³-hybridized carbons (Fsp3) is 0.143. The number of nitrogen functional groups attached to an aromatic ring is 1. The van der Waals surface area contributed by atoms with Crippen LogP contribution in [0.25, 0.3) is 0 Å². The summed E-state index contributed by atoms with van der Waals surface area (Å²) in [7, 11) is 0. The Hall–Kier alpha value is -2.27. The second kappa shape index (κ2) is 5.79. The van der Waals surface area contributed by atoms with Gasteiger partial charge in [0.15, 0.2) is 0 Å². The van der Waals surface area contributed by atoms with Crippen molar-refractivity contribution < 1.29 is 4.79 Å². The van der Waals surface area contributed by atoms with Gasteiger partial charge in [-0.2, -0.15) is 0 Å². The molecule has 1 aromatic carbocycles. The van der Waals surface area contributed by atoms with Crippen LogP contribution >= 0.6 is 11.6 Å². The summed E-state index contributed by atoms with van der Waals surface area (Å²) in [4.78, 5) is 23.7. The number of carbonyl (C=O) groups is 1. The average molecular weight is 292 g/mol. The first-order valence-corrected chi connectivity index (χ1v) is 6.36. The summed E-state index contributed by atoms with van der Waals surface area (Å²) >= 11 is 5.85. The van der Waals surface area contributed by atoms with E-state index in [-0.39, 0.29) is 18.0 Å². The fourth-order valence-electron chi connectivity index (χ4n) is 1.80. The summed E-state index contributed by atoms with van der Waals surface area (Å²) in [5.41, 5.74) is 7.09.